The van der Waals surface area contributed by atoms with Crippen LogP contribution in [0.3, 0.4) is 0 Å². The van der Waals surface area contributed by atoms with Crippen LogP contribution >= 0.6 is 0 Å². The number of nitrogens with one attached hydrogen (secondary N) is 2. The largest absolute Gasteiger partial charge is 0.391 e. The van der Waals surface area contributed by atoms with E-state index < -0.39 is 6.10 Å². The Labute approximate surface area is 208 Å². The van der Waals surface area contributed by atoms with E-state index in [4.69, 9.17) is 4.98 Å². The lowest BCUT2D eigenvalue weighted by Crippen LogP contribution is -2.33. The van der Waals surface area contributed by atoms with Crippen molar-refractivity contribution >= 4 is 23.4 Å². The molecule has 10 heteroatoms. The summed E-state index contributed by atoms with van der Waals surface area (Å²) in [6.07, 6.45) is 6.46. The van der Waals surface area contributed by atoms with Crippen molar-refractivity contribution in [3.05, 3.63) is 71.9 Å². The summed E-state index contributed by atoms with van der Waals surface area (Å²) in [6, 6.07) is 12.0. The molecule has 1 fully saturated rings. The number of benzene rings is 1. The fourth-order valence-corrected chi connectivity index (χ4v) is 4.98. The van der Waals surface area contributed by atoms with Gasteiger partial charge in [-0.3, -0.25) is 9.89 Å². The van der Waals surface area contributed by atoms with Crippen LogP contribution in [0.25, 0.3) is 11.1 Å². The minimum Gasteiger partial charge on any atom is -0.391 e. The van der Waals surface area contributed by atoms with Gasteiger partial charge < -0.3 is 24.8 Å². The highest BCUT2D eigenvalue weighted by molar-refractivity contribution is 5.93. The van der Waals surface area contributed by atoms with E-state index in [0.29, 0.717) is 37.7 Å². The number of likely N-dealkylation sites (tertiary alicyclic amines) is 1. The van der Waals surface area contributed by atoms with Gasteiger partial charge in [0.05, 0.1) is 18.8 Å². The Morgan fingerprint density at radius 3 is 2.78 bits per heavy atom. The van der Waals surface area contributed by atoms with E-state index in [-0.39, 0.29) is 5.91 Å². The van der Waals surface area contributed by atoms with Crippen molar-refractivity contribution < 1.29 is 9.90 Å². The Morgan fingerprint density at radius 1 is 1.17 bits per heavy atom. The fourth-order valence-electron chi connectivity index (χ4n) is 4.98. The van der Waals surface area contributed by atoms with Gasteiger partial charge in [-0.1, -0.05) is 12.1 Å². The molecule has 2 aliphatic rings. The second-order valence-electron chi connectivity index (χ2n) is 9.36. The summed E-state index contributed by atoms with van der Waals surface area (Å²) < 4.78 is 1.98. The molecule has 184 valence electrons. The van der Waals surface area contributed by atoms with E-state index in [9.17, 15) is 9.90 Å². The van der Waals surface area contributed by atoms with Crippen LogP contribution in [0, 0.1) is 0 Å². The molecular weight excluding hydrogens is 456 g/mol. The third-order valence-corrected chi connectivity index (χ3v) is 7.02. The number of aliphatic hydroxyl groups excluding tert-OH is 1. The number of anilines is 3. The van der Waals surface area contributed by atoms with Crippen LogP contribution in [-0.2, 0) is 20.0 Å². The number of rotatable bonds is 5. The van der Waals surface area contributed by atoms with Crippen molar-refractivity contribution in [2.75, 3.05) is 29.9 Å². The topological polar surface area (TPSA) is 115 Å². The first kappa shape index (κ1) is 22.3. The van der Waals surface area contributed by atoms with Crippen molar-refractivity contribution in [2.24, 2.45) is 7.05 Å². The zero-order valence-electron chi connectivity index (χ0n) is 20.1. The van der Waals surface area contributed by atoms with Crippen LogP contribution in [0.5, 0.6) is 0 Å². The standard InChI is InChI=1S/C26H28N8O2/c1-32-22(25(36)33-11-8-21(35)15-33)12-18-7-10-34(16-23(18)32)26-27-9-6-24(31-26)30-20-4-2-17(3-5-20)19-13-28-29-14-19/h2-6,9,12-14,21,35H,7-8,10-11,15-16H2,1H3,(H,28,29)(H,27,30,31)/t21-/m0/s1. The molecule has 5 heterocycles. The summed E-state index contributed by atoms with van der Waals surface area (Å²) in [4.78, 5) is 26.2. The van der Waals surface area contributed by atoms with Crippen molar-refractivity contribution in [1.82, 2.24) is 29.6 Å². The maximum atomic E-state index is 13.0. The minimum absolute atomic E-state index is 0.0174. The van der Waals surface area contributed by atoms with Crippen LogP contribution in [-0.4, -0.2) is 66.4 Å². The van der Waals surface area contributed by atoms with Gasteiger partial charge in [-0.05, 0) is 48.2 Å². The van der Waals surface area contributed by atoms with Gasteiger partial charge in [0.15, 0.2) is 0 Å². The number of carbonyl (C=O) groups is 1. The average Bonchev–Trinajstić information content (AvgIpc) is 3.65. The minimum atomic E-state index is -0.424. The molecule has 0 saturated carbocycles. The zero-order valence-corrected chi connectivity index (χ0v) is 20.1. The molecule has 0 bridgehead atoms. The predicted molar refractivity (Wildman–Crippen MR) is 136 cm³/mol. The summed E-state index contributed by atoms with van der Waals surface area (Å²) in [7, 11) is 1.94. The quantitative estimate of drug-likeness (QED) is 0.399. The van der Waals surface area contributed by atoms with E-state index in [1.807, 2.05) is 54.2 Å². The van der Waals surface area contributed by atoms with E-state index in [1.54, 1.807) is 17.3 Å². The van der Waals surface area contributed by atoms with E-state index >= 15 is 0 Å². The number of hydrogen-bond donors (Lipinski definition) is 3. The van der Waals surface area contributed by atoms with Gasteiger partial charge >= 0.3 is 0 Å². The Balaban J connectivity index is 1.17. The number of H-pyrrole nitrogens is 1. The second kappa shape index (κ2) is 9.12. The van der Waals surface area contributed by atoms with Crippen molar-refractivity contribution in [3.63, 3.8) is 0 Å². The van der Waals surface area contributed by atoms with Crippen molar-refractivity contribution in [3.8, 4) is 11.1 Å². The number of carbonyl (C=O) groups excluding carboxylic acids is 1. The van der Waals surface area contributed by atoms with Crippen LogP contribution in [0.1, 0.15) is 28.2 Å². The lowest BCUT2D eigenvalue weighted by atomic mass is 10.1. The monoisotopic (exact) mass is 484 g/mol. The Bertz CT molecular complexity index is 1380. The smallest absolute Gasteiger partial charge is 0.270 e. The van der Waals surface area contributed by atoms with Gasteiger partial charge in [-0.2, -0.15) is 10.1 Å². The Morgan fingerprint density at radius 2 is 2.03 bits per heavy atom. The number of amides is 1. The number of aromatic nitrogens is 5. The molecule has 0 radical (unpaired) electrons. The third kappa shape index (κ3) is 4.20. The molecule has 3 N–H and O–H groups in total. The first-order valence-electron chi connectivity index (χ1n) is 12.1. The summed E-state index contributed by atoms with van der Waals surface area (Å²) in [5.74, 6) is 1.35. The molecule has 36 heavy (non-hydrogen) atoms. The Hall–Kier alpha value is -4.18. The molecule has 0 aliphatic carbocycles. The molecule has 1 aromatic carbocycles. The van der Waals surface area contributed by atoms with Gasteiger partial charge in [-0.15, -0.1) is 0 Å². The van der Waals surface area contributed by atoms with Crippen LogP contribution < -0.4 is 10.2 Å². The second-order valence-corrected chi connectivity index (χ2v) is 9.36. The van der Waals surface area contributed by atoms with Gasteiger partial charge in [0, 0.05) is 56.0 Å². The molecule has 4 aromatic rings. The van der Waals surface area contributed by atoms with Crippen molar-refractivity contribution in [1.29, 1.82) is 0 Å². The van der Waals surface area contributed by atoms with Crippen molar-refractivity contribution in [2.45, 2.75) is 25.5 Å². The molecule has 2 aliphatic heterocycles. The SMILES string of the molecule is Cn1c(C(=O)N2CC[C@H](O)C2)cc2c1CN(c1nccc(Nc3ccc(-c4cn[nH]c4)cc3)n1)CC2. The third-order valence-electron chi connectivity index (χ3n) is 7.02. The van der Waals surface area contributed by atoms with Gasteiger partial charge in [0.2, 0.25) is 5.95 Å². The molecule has 0 spiro atoms. The maximum Gasteiger partial charge on any atom is 0.270 e. The number of nitrogens with zero attached hydrogens (tertiary/aromatic N) is 6. The van der Waals surface area contributed by atoms with Gasteiger partial charge in [-0.25, -0.2) is 4.98 Å². The highest BCUT2D eigenvalue weighted by Crippen LogP contribution is 2.27. The molecular formula is C26H28N8O2. The predicted octanol–water partition coefficient (Wildman–Crippen LogP) is 2.72. The maximum absolute atomic E-state index is 13.0. The van der Waals surface area contributed by atoms with E-state index in [0.717, 1.165) is 41.3 Å². The molecule has 0 unspecified atom stereocenters. The lowest BCUT2D eigenvalue weighted by Gasteiger charge is -2.28. The summed E-state index contributed by atoms with van der Waals surface area (Å²) in [5, 5.41) is 20.0. The number of aromatic amines is 1. The summed E-state index contributed by atoms with van der Waals surface area (Å²) in [6.45, 7) is 2.41. The number of fused-ring (bicyclic) bond motifs is 1. The van der Waals surface area contributed by atoms with E-state index in [1.165, 1.54) is 5.56 Å². The lowest BCUT2D eigenvalue weighted by molar-refractivity contribution is 0.0755. The zero-order chi connectivity index (χ0) is 24.6. The highest BCUT2D eigenvalue weighted by Gasteiger charge is 2.30. The number of hydrogen-bond acceptors (Lipinski definition) is 7. The van der Waals surface area contributed by atoms with Crippen LogP contribution in [0.2, 0.25) is 0 Å². The van der Waals surface area contributed by atoms with Gasteiger partial charge in [0.1, 0.15) is 11.5 Å². The molecule has 1 saturated heterocycles. The molecule has 1 atom stereocenters. The molecule has 6 rings (SSSR count). The van der Waals surface area contributed by atoms with E-state index in [2.05, 4.69) is 25.4 Å². The first-order chi connectivity index (χ1) is 17.5. The number of β-amino-alcohol motifs (C(OH)–C–C–N with tert-alkyl or cyclic N) is 1. The average molecular weight is 485 g/mol. The summed E-state index contributed by atoms with van der Waals surface area (Å²) >= 11 is 0. The number of aliphatic hydroxyl groups is 1. The molecule has 1 amide bonds. The fraction of sp³-hybridized carbons (Fsp3) is 0.308. The molecule has 3 aromatic heterocycles. The first-order valence-corrected chi connectivity index (χ1v) is 12.1. The van der Waals surface area contributed by atoms with Crippen LogP contribution in [0.4, 0.5) is 17.5 Å². The normalized spacial score (nSPS) is 17.3. The Kier molecular flexibility index (Phi) is 5.65. The van der Waals surface area contributed by atoms with Gasteiger partial charge in [0.25, 0.3) is 5.91 Å². The highest BCUT2D eigenvalue weighted by atomic mass is 16.3. The van der Waals surface area contributed by atoms with Crippen LogP contribution in [0.15, 0.2) is 55.0 Å². The summed E-state index contributed by atoms with van der Waals surface area (Å²) in [5.41, 5.74) is 6.02. The molecule has 10 nitrogen and oxygen atoms in total.